The van der Waals surface area contributed by atoms with Gasteiger partial charge in [0.15, 0.2) is 0 Å². The molecule has 0 radical (unpaired) electrons. The monoisotopic (exact) mass is 306 g/mol. The summed E-state index contributed by atoms with van der Waals surface area (Å²) in [7, 11) is 0. The first-order chi connectivity index (χ1) is 10.9. The quantitative estimate of drug-likeness (QED) is 0.727. The van der Waals surface area contributed by atoms with Crippen LogP contribution >= 0.6 is 11.8 Å². The van der Waals surface area contributed by atoms with Crippen LogP contribution in [0.1, 0.15) is 34.1 Å². The highest BCUT2D eigenvalue weighted by molar-refractivity contribution is 7.99. The van der Waals surface area contributed by atoms with Crippen molar-refractivity contribution in [1.29, 1.82) is 0 Å². The van der Waals surface area contributed by atoms with Gasteiger partial charge in [-0.05, 0) is 22.3 Å². The van der Waals surface area contributed by atoms with Gasteiger partial charge >= 0.3 is 0 Å². The van der Waals surface area contributed by atoms with E-state index in [-0.39, 0.29) is 0 Å². The zero-order valence-electron chi connectivity index (χ0n) is 12.4. The van der Waals surface area contributed by atoms with E-state index in [1.165, 1.54) is 11.5 Å². The maximum atomic E-state index is 6.17. The molecule has 2 aliphatic heterocycles. The van der Waals surface area contributed by atoms with Gasteiger partial charge in [0.2, 0.25) is 0 Å². The Bertz CT molecular complexity index is 674. The molecule has 0 spiro atoms. The molecule has 2 fully saturated rings. The van der Waals surface area contributed by atoms with Gasteiger partial charge in [-0.3, -0.25) is 0 Å². The molecule has 2 atom stereocenters. The van der Waals surface area contributed by atoms with E-state index in [1.807, 2.05) is 0 Å². The van der Waals surface area contributed by atoms with Gasteiger partial charge in [-0.1, -0.05) is 48.5 Å². The Hall–Kier alpha value is -1.25. The van der Waals surface area contributed by atoms with Crippen LogP contribution in [0.5, 0.6) is 0 Å². The van der Waals surface area contributed by atoms with Crippen molar-refractivity contribution < 1.29 is 4.74 Å². The van der Waals surface area contributed by atoms with Crippen molar-refractivity contribution in [3.63, 3.8) is 0 Å². The first-order valence-electron chi connectivity index (χ1n) is 8.21. The van der Waals surface area contributed by atoms with Crippen molar-refractivity contribution in [1.82, 2.24) is 0 Å². The van der Waals surface area contributed by atoms with E-state index in [9.17, 15) is 0 Å². The minimum Gasteiger partial charge on any atom is -0.380 e. The molecule has 2 heteroatoms. The normalized spacial score (nSPS) is 40.0. The number of hydrogen-bond donors (Lipinski definition) is 0. The Balaban J connectivity index is 1.78. The summed E-state index contributed by atoms with van der Waals surface area (Å²) >= 11 is 2.16. The first kappa shape index (κ1) is 12.2. The highest BCUT2D eigenvalue weighted by Crippen LogP contribution is 2.75. The Labute approximate surface area is 135 Å². The fourth-order valence-corrected chi connectivity index (χ4v) is 7.90. The third-order valence-corrected chi connectivity index (χ3v) is 8.21. The lowest BCUT2D eigenvalue weighted by Gasteiger charge is -2.58. The lowest BCUT2D eigenvalue weighted by Crippen LogP contribution is -2.55. The van der Waals surface area contributed by atoms with Crippen LogP contribution in [0.15, 0.2) is 48.5 Å². The molecule has 110 valence electrons. The van der Waals surface area contributed by atoms with Crippen LogP contribution in [0.25, 0.3) is 0 Å². The number of ether oxygens (including phenoxy) is 1. The minimum absolute atomic E-state index is 0.324. The Morgan fingerprint density at radius 1 is 0.727 bits per heavy atom. The van der Waals surface area contributed by atoms with Gasteiger partial charge in [0.05, 0.1) is 13.2 Å². The highest BCUT2D eigenvalue weighted by atomic mass is 32.2. The Morgan fingerprint density at radius 3 is 1.55 bits per heavy atom. The topological polar surface area (TPSA) is 9.23 Å². The fourth-order valence-electron chi connectivity index (χ4n) is 6.00. The predicted molar refractivity (Wildman–Crippen MR) is 89.6 cm³/mol. The van der Waals surface area contributed by atoms with E-state index in [0.29, 0.717) is 22.7 Å². The van der Waals surface area contributed by atoms with Crippen LogP contribution < -0.4 is 0 Å². The number of hydrogen-bond acceptors (Lipinski definition) is 2. The lowest BCUT2D eigenvalue weighted by molar-refractivity contribution is 0.0839. The molecule has 1 nitrogen and oxygen atoms in total. The molecule has 2 aromatic rings. The van der Waals surface area contributed by atoms with E-state index in [0.717, 1.165) is 13.2 Å². The summed E-state index contributed by atoms with van der Waals surface area (Å²) in [4.78, 5) is 0. The molecule has 5 aliphatic rings. The van der Waals surface area contributed by atoms with Crippen molar-refractivity contribution in [3.05, 3.63) is 70.8 Å². The van der Waals surface area contributed by atoms with E-state index in [4.69, 9.17) is 4.74 Å². The lowest BCUT2D eigenvalue weighted by atomic mass is 9.42. The molecule has 0 saturated carbocycles. The van der Waals surface area contributed by atoms with Crippen molar-refractivity contribution >= 4 is 11.8 Å². The first-order valence-corrected chi connectivity index (χ1v) is 9.36. The molecule has 2 saturated heterocycles. The van der Waals surface area contributed by atoms with Crippen LogP contribution in [-0.4, -0.2) is 24.7 Å². The van der Waals surface area contributed by atoms with Gasteiger partial charge in [-0.2, -0.15) is 11.8 Å². The second-order valence-electron chi connectivity index (χ2n) is 7.42. The minimum atomic E-state index is 0.324. The number of benzene rings is 2. The van der Waals surface area contributed by atoms with Crippen LogP contribution in [0.3, 0.4) is 0 Å². The molecule has 22 heavy (non-hydrogen) atoms. The van der Waals surface area contributed by atoms with Crippen LogP contribution in [0.4, 0.5) is 0 Å². The van der Waals surface area contributed by atoms with Gasteiger partial charge < -0.3 is 4.74 Å². The molecule has 2 bridgehead atoms. The smallest absolute Gasteiger partial charge is 0.0546 e. The maximum Gasteiger partial charge on any atom is 0.0546 e. The molecule has 3 aliphatic carbocycles. The standard InChI is InChI=1S/C20H18OS/c1-2-6-14-13(5-1)17-15-7-3-4-8-16(15)18(14)20-10-21-9-19(17,20)11-22-12-20/h1-8,17-18H,9-12H2. The SMILES string of the molecule is c1ccc2c(c1)C1c3ccccc3C2C23COCC12CSC3. The zero-order chi connectivity index (χ0) is 14.4. The average molecular weight is 306 g/mol. The predicted octanol–water partition coefficient (Wildman–Crippen LogP) is 4.03. The molecule has 7 rings (SSSR count). The van der Waals surface area contributed by atoms with Gasteiger partial charge in [-0.15, -0.1) is 0 Å². The number of thioether (sulfide) groups is 1. The summed E-state index contributed by atoms with van der Waals surface area (Å²) in [5.41, 5.74) is 6.96. The molecule has 0 amide bonds. The summed E-state index contributed by atoms with van der Waals surface area (Å²) < 4.78 is 6.17. The third kappa shape index (κ3) is 1.09. The third-order valence-electron chi connectivity index (χ3n) is 6.77. The summed E-state index contributed by atoms with van der Waals surface area (Å²) in [5, 5.41) is 0. The van der Waals surface area contributed by atoms with Crippen molar-refractivity contribution in [3.8, 4) is 0 Å². The Kier molecular flexibility index (Phi) is 2.11. The second-order valence-corrected chi connectivity index (χ2v) is 8.41. The van der Waals surface area contributed by atoms with Gasteiger partial charge in [0.25, 0.3) is 0 Å². The van der Waals surface area contributed by atoms with Crippen molar-refractivity contribution in [2.45, 2.75) is 11.8 Å². The molecule has 2 aromatic carbocycles. The van der Waals surface area contributed by atoms with E-state index in [1.54, 1.807) is 22.3 Å². The summed E-state index contributed by atoms with van der Waals surface area (Å²) in [6.07, 6.45) is 0. The van der Waals surface area contributed by atoms with Crippen molar-refractivity contribution in [2.75, 3.05) is 24.7 Å². The summed E-state index contributed by atoms with van der Waals surface area (Å²) in [6.45, 7) is 1.90. The highest BCUT2D eigenvalue weighted by Gasteiger charge is 2.71. The molecule has 0 N–H and O–H groups in total. The molecule has 2 unspecified atom stereocenters. The molecular formula is C20H18OS. The Morgan fingerprint density at radius 2 is 1.14 bits per heavy atom. The zero-order valence-corrected chi connectivity index (χ0v) is 13.2. The molecule has 2 heterocycles. The fraction of sp³-hybridized carbons (Fsp3) is 0.400. The summed E-state index contributed by atoms with van der Waals surface area (Å²) in [6, 6.07) is 18.4. The maximum absolute atomic E-state index is 6.17. The van der Waals surface area contributed by atoms with E-state index in [2.05, 4.69) is 60.3 Å². The van der Waals surface area contributed by atoms with Crippen molar-refractivity contribution in [2.24, 2.45) is 10.8 Å². The van der Waals surface area contributed by atoms with Crippen LogP contribution in [0.2, 0.25) is 0 Å². The van der Waals surface area contributed by atoms with Gasteiger partial charge in [0, 0.05) is 34.2 Å². The van der Waals surface area contributed by atoms with Crippen LogP contribution in [0, 0.1) is 10.8 Å². The van der Waals surface area contributed by atoms with E-state index >= 15 is 0 Å². The molecular weight excluding hydrogens is 288 g/mol. The average Bonchev–Trinajstić information content (AvgIpc) is 3.11. The number of rotatable bonds is 0. The van der Waals surface area contributed by atoms with Crippen LogP contribution in [-0.2, 0) is 4.74 Å². The molecule has 0 aromatic heterocycles. The van der Waals surface area contributed by atoms with E-state index < -0.39 is 0 Å². The largest absolute Gasteiger partial charge is 0.380 e. The summed E-state index contributed by atoms with van der Waals surface area (Å²) in [5.74, 6) is 3.58. The van der Waals surface area contributed by atoms with Gasteiger partial charge in [-0.25, -0.2) is 0 Å². The second kappa shape index (κ2) is 3.80. The van der Waals surface area contributed by atoms with Gasteiger partial charge in [0.1, 0.15) is 0 Å².